The average Bonchev–Trinajstić information content (AvgIpc) is 3.07. The van der Waals surface area contributed by atoms with Crippen molar-refractivity contribution in [2.24, 2.45) is 11.8 Å². The van der Waals surface area contributed by atoms with Gasteiger partial charge in [-0.2, -0.15) is 0 Å². The highest BCUT2D eigenvalue weighted by molar-refractivity contribution is 9.10. The Morgan fingerprint density at radius 3 is 2.45 bits per heavy atom. The van der Waals surface area contributed by atoms with E-state index in [0.717, 1.165) is 66.8 Å². The number of carbonyl (C=O) groups is 2. The standard InChI is InChI=1S/C31H40BrClN4O3/c1-31(2,3)40-30(39)37-12-8-20(9-13-37)18-35-29(38)21-10-14-36(15-11-21)28-26-7-6-25(33)17-22(26)4-5-23-16-24(32)19-34-27(23)28/h6-7,16-17,19-21,28H,4-5,8-15,18H2,1-3H3,(H,35,38). The Kier molecular flexibility index (Phi) is 9.08. The highest BCUT2D eigenvalue weighted by atomic mass is 79.9. The fraction of sp³-hybridized carbons (Fsp3) is 0.581. The molecule has 3 aliphatic rings. The lowest BCUT2D eigenvalue weighted by atomic mass is 9.90. The lowest BCUT2D eigenvalue weighted by molar-refractivity contribution is -0.126. The van der Waals surface area contributed by atoms with Crippen LogP contribution >= 0.6 is 27.5 Å². The number of pyridine rings is 1. The van der Waals surface area contributed by atoms with E-state index in [1.807, 2.05) is 33.0 Å². The molecule has 1 unspecified atom stereocenters. The van der Waals surface area contributed by atoms with Crippen molar-refractivity contribution < 1.29 is 14.3 Å². The number of nitrogens with zero attached hydrogens (tertiary/aromatic N) is 3. The van der Waals surface area contributed by atoms with E-state index in [1.54, 1.807) is 4.90 Å². The molecule has 2 saturated heterocycles. The molecule has 7 nitrogen and oxygen atoms in total. The van der Waals surface area contributed by atoms with Gasteiger partial charge in [0, 0.05) is 41.2 Å². The maximum absolute atomic E-state index is 13.1. The third-order valence-electron chi connectivity index (χ3n) is 8.39. The second kappa shape index (κ2) is 12.4. The summed E-state index contributed by atoms with van der Waals surface area (Å²) in [7, 11) is 0. The quantitative estimate of drug-likeness (QED) is 0.438. The lowest BCUT2D eigenvalue weighted by Crippen LogP contribution is -2.45. The number of hydrogen-bond acceptors (Lipinski definition) is 5. The first-order chi connectivity index (χ1) is 19.1. The van der Waals surface area contributed by atoms with Gasteiger partial charge < -0.3 is 15.0 Å². The van der Waals surface area contributed by atoms with Crippen LogP contribution in [0.4, 0.5) is 4.79 Å². The van der Waals surface area contributed by atoms with Crippen LogP contribution in [0.1, 0.15) is 74.9 Å². The lowest BCUT2D eigenvalue weighted by Gasteiger charge is -2.38. The number of piperidine rings is 2. The molecule has 2 amide bonds. The van der Waals surface area contributed by atoms with Crippen molar-refractivity contribution in [3.8, 4) is 0 Å². The number of nitrogens with one attached hydrogen (secondary N) is 1. The predicted octanol–water partition coefficient (Wildman–Crippen LogP) is 6.16. The molecular weight excluding hydrogens is 592 g/mol. The van der Waals surface area contributed by atoms with Crippen LogP contribution in [-0.2, 0) is 22.4 Å². The SMILES string of the molecule is CC(C)(C)OC(=O)N1CCC(CNC(=O)C2CCN(C3c4ccc(Cl)cc4CCc4cc(Br)cnc43)CC2)CC1. The number of aryl methyl sites for hydroxylation is 2. The molecule has 2 fully saturated rings. The van der Waals surface area contributed by atoms with Gasteiger partial charge in [-0.25, -0.2) is 4.79 Å². The minimum atomic E-state index is -0.484. The third-order valence-corrected chi connectivity index (χ3v) is 9.06. The Hall–Kier alpha value is -2.16. The molecule has 0 saturated carbocycles. The normalized spacial score (nSPS) is 20.8. The van der Waals surface area contributed by atoms with Crippen molar-refractivity contribution in [1.82, 2.24) is 20.1 Å². The van der Waals surface area contributed by atoms with E-state index in [9.17, 15) is 9.59 Å². The number of aromatic nitrogens is 1. The van der Waals surface area contributed by atoms with Gasteiger partial charge in [0.1, 0.15) is 5.60 Å². The summed E-state index contributed by atoms with van der Waals surface area (Å²) in [6.45, 7) is 9.37. The molecule has 1 aromatic heterocycles. The van der Waals surface area contributed by atoms with Crippen LogP contribution in [0.5, 0.6) is 0 Å². The van der Waals surface area contributed by atoms with Crippen LogP contribution in [0.25, 0.3) is 0 Å². The highest BCUT2D eigenvalue weighted by Crippen LogP contribution is 2.39. The Bertz CT molecular complexity index is 1180. The Labute approximate surface area is 251 Å². The maximum Gasteiger partial charge on any atom is 0.410 e. The van der Waals surface area contributed by atoms with Gasteiger partial charge in [-0.15, -0.1) is 0 Å². The number of halogens is 2. The molecule has 1 aliphatic carbocycles. The van der Waals surface area contributed by atoms with E-state index >= 15 is 0 Å². The summed E-state index contributed by atoms with van der Waals surface area (Å²) in [4.78, 5) is 34.6. The summed E-state index contributed by atoms with van der Waals surface area (Å²) >= 11 is 9.98. The van der Waals surface area contributed by atoms with Gasteiger partial charge in [0.25, 0.3) is 0 Å². The summed E-state index contributed by atoms with van der Waals surface area (Å²) < 4.78 is 6.50. The first kappa shape index (κ1) is 29.3. The average molecular weight is 632 g/mol. The number of likely N-dealkylation sites (tertiary alicyclic amines) is 2. The van der Waals surface area contributed by atoms with Gasteiger partial charge in [-0.1, -0.05) is 17.7 Å². The van der Waals surface area contributed by atoms with E-state index < -0.39 is 5.60 Å². The molecule has 2 aliphatic heterocycles. The Morgan fingerprint density at radius 2 is 1.75 bits per heavy atom. The number of fused-ring (bicyclic) bond motifs is 2. The van der Waals surface area contributed by atoms with Crippen molar-refractivity contribution in [2.45, 2.75) is 70.9 Å². The van der Waals surface area contributed by atoms with E-state index in [0.29, 0.717) is 25.6 Å². The van der Waals surface area contributed by atoms with Gasteiger partial charge >= 0.3 is 6.09 Å². The van der Waals surface area contributed by atoms with Crippen molar-refractivity contribution in [1.29, 1.82) is 0 Å². The summed E-state index contributed by atoms with van der Waals surface area (Å²) in [5.74, 6) is 0.564. The van der Waals surface area contributed by atoms with Gasteiger partial charge in [0.05, 0.1) is 11.7 Å². The first-order valence-corrected chi connectivity index (χ1v) is 15.7. The zero-order chi connectivity index (χ0) is 28.4. The summed E-state index contributed by atoms with van der Waals surface area (Å²) in [6, 6.07) is 8.50. The van der Waals surface area contributed by atoms with Crippen LogP contribution in [0.15, 0.2) is 34.9 Å². The minimum absolute atomic E-state index is 0.0194. The fourth-order valence-corrected chi connectivity index (χ4v) is 6.81. The van der Waals surface area contributed by atoms with E-state index in [-0.39, 0.29) is 24.0 Å². The van der Waals surface area contributed by atoms with Crippen molar-refractivity contribution >= 4 is 39.5 Å². The topological polar surface area (TPSA) is 74.8 Å². The minimum Gasteiger partial charge on any atom is -0.444 e. The second-order valence-corrected chi connectivity index (χ2v) is 13.8. The first-order valence-electron chi connectivity index (χ1n) is 14.5. The maximum atomic E-state index is 13.1. The number of ether oxygens (including phenoxy) is 1. The zero-order valence-corrected chi connectivity index (χ0v) is 26.1. The van der Waals surface area contributed by atoms with Crippen molar-refractivity contribution in [2.75, 3.05) is 32.7 Å². The summed E-state index contributed by atoms with van der Waals surface area (Å²) in [6.07, 6.45) is 6.94. The van der Waals surface area contributed by atoms with E-state index in [2.05, 4.69) is 44.3 Å². The van der Waals surface area contributed by atoms with Crippen molar-refractivity contribution in [3.05, 3.63) is 62.3 Å². The number of carbonyl (C=O) groups excluding carboxylic acids is 2. The van der Waals surface area contributed by atoms with Crippen LogP contribution in [0.3, 0.4) is 0 Å². The second-order valence-electron chi connectivity index (χ2n) is 12.4. The fourth-order valence-electron chi connectivity index (χ4n) is 6.24. The molecular formula is C31H40BrClN4O3. The summed E-state index contributed by atoms with van der Waals surface area (Å²) in [5.41, 5.74) is 4.46. The summed E-state index contributed by atoms with van der Waals surface area (Å²) in [5, 5.41) is 4.00. The molecule has 3 heterocycles. The Morgan fingerprint density at radius 1 is 1.05 bits per heavy atom. The highest BCUT2D eigenvalue weighted by Gasteiger charge is 2.35. The molecule has 0 radical (unpaired) electrons. The van der Waals surface area contributed by atoms with Gasteiger partial charge in [-0.3, -0.25) is 14.7 Å². The number of rotatable bonds is 4. The van der Waals surface area contributed by atoms with Crippen LogP contribution in [0.2, 0.25) is 5.02 Å². The molecule has 216 valence electrons. The Balaban J connectivity index is 1.16. The smallest absolute Gasteiger partial charge is 0.410 e. The molecule has 2 aromatic rings. The number of amides is 2. The molecule has 9 heteroatoms. The van der Waals surface area contributed by atoms with Gasteiger partial charge in [0.2, 0.25) is 5.91 Å². The number of hydrogen-bond donors (Lipinski definition) is 1. The molecule has 0 spiro atoms. The monoisotopic (exact) mass is 630 g/mol. The largest absolute Gasteiger partial charge is 0.444 e. The third kappa shape index (κ3) is 7.00. The molecule has 5 rings (SSSR count). The molecule has 1 atom stereocenters. The molecule has 40 heavy (non-hydrogen) atoms. The number of benzene rings is 1. The molecule has 1 N–H and O–H groups in total. The van der Waals surface area contributed by atoms with Crippen LogP contribution in [-0.4, -0.2) is 65.1 Å². The predicted molar refractivity (Wildman–Crippen MR) is 160 cm³/mol. The molecule has 1 aromatic carbocycles. The van der Waals surface area contributed by atoms with E-state index in [1.165, 1.54) is 16.7 Å². The van der Waals surface area contributed by atoms with Crippen molar-refractivity contribution in [3.63, 3.8) is 0 Å². The van der Waals surface area contributed by atoms with Gasteiger partial charge in [-0.05, 0) is 129 Å². The van der Waals surface area contributed by atoms with Crippen LogP contribution in [0, 0.1) is 11.8 Å². The van der Waals surface area contributed by atoms with Crippen LogP contribution < -0.4 is 5.32 Å². The van der Waals surface area contributed by atoms with E-state index in [4.69, 9.17) is 21.3 Å². The van der Waals surface area contributed by atoms with Gasteiger partial charge in [0.15, 0.2) is 0 Å². The molecule has 0 bridgehead atoms. The zero-order valence-electron chi connectivity index (χ0n) is 23.7.